The van der Waals surface area contributed by atoms with Gasteiger partial charge in [-0.05, 0) is 68.2 Å². The average Bonchev–Trinajstić information content (AvgIpc) is 3.11. The van der Waals surface area contributed by atoms with Crippen molar-refractivity contribution >= 4 is 53.3 Å². The molecule has 0 radical (unpaired) electrons. The normalized spacial score (nSPS) is 12.0. The van der Waals surface area contributed by atoms with Crippen molar-refractivity contribution in [3.05, 3.63) is 53.9 Å². The number of primary amides is 1. The summed E-state index contributed by atoms with van der Waals surface area (Å²) in [6.07, 6.45) is 6.57. The molecule has 0 aliphatic rings. The number of nitrogens with two attached hydrogens (primary N) is 1. The third-order valence-corrected chi connectivity index (χ3v) is 9.50. The first-order chi connectivity index (χ1) is 24.8. The molecular weight excluding hydrogens is 691 g/mol. The Balaban J connectivity index is 1.87. The number of rotatable bonds is 23. The number of benzene rings is 1. The number of ether oxygens (including phenoxy) is 1. The molecule has 1 aromatic carbocycles. The second-order valence-electron chi connectivity index (χ2n) is 12.6. The second-order valence-corrected chi connectivity index (χ2v) is 13.9. The number of hydrogen-bond acceptors (Lipinski definition) is 9. The Morgan fingerprint density at radius 3 is 2.21 bits per heavy atom. The van der Waals surface area contributed by atoms with Gasteiger partial charge in [0.2, 0.25) is 17.7 Å². The minimum atomic E-state index is -1.40. The van der Waals surface area contributed by atoms with E-state index in [9.17, 15) is 28.8 Å². The van der Waals surface area contributed by atoms with Crippen molar-refractivity contribution in [3.63, 3.8) is 0 Å². The zero-order valence-electron chi connectivity index (χ0n) is 30.4. The van der Waals surface area contributed by atoms with E-state index in [0.717, 1.165) is 17.7 Å². The number of pyridine rings is 1. The highest BCUT2D eigenvalue weighted by Crippen LogP contribution is 2.27. The number of carbonyl (C=O) groups excluding carboxylic acids is 5. The lowest BCUT2D eigenvalue weighted by Gasteiger charge is -2.25. The van der Waals surface area contributed by atoms with E-state index in [1.165, 1.54) is 0 Å². The molecule has 6 amide bonds. The van der Waals surface area contributed by atoms with Gasteiger partial charge in [-0.1, -0.05) is 46.2 Å². The van der Waals surface area contributed by atoms with Gasteiger partial charge in [0.05, 0.1) is 5.56 Å². The van der Waals surface area contributed by atoms with Crippen molar-refractivity contribution in [2.24, 2.45) is 11.7 Å². The van der Waals surface area contributed by atoms with Gasteiger partial charge in [0, 0.05) is 47.7 Å². The molecule has 52 heavy (non-hydrogen) atoms. The summed E-state index contributed by atoms with van der Waals surface area (Å²) in [6.45, 7) is 8.32. The molecule has 8 N–H and O–H groups in total. The average molecular weight is 744 g/mol. The summed E-state index contributed by atoms with van der Waals surface area (Å²) < 4.78 is 4.54. The van der Waals surface area contributed by atoms with Crippen LogP contribution in [0.3, 0.4) is 0 Å². The van der Waals surface area contributed by atoms with E-state index in [1.54, 1.807) is 62.3 Å². The molecule has 16 heteroatoms. The van der Waals surface area contributed by atoms with Gasteiger partial charge in [0.1, 0.15) is 18.7 Å². The van der Waals surface area contributed by atoms with E-state index in [0.29, 0.717) is 54.3 Å². The lowest BCUT2D eigenvalue weighted by Crippen LogP contribution is -2.54. The SMILES string of the molecule is CCC(CC)Sc1cncc(C(=O)NCCCCCC(=O)NC(C(=O)NC(CCCNC(N)=O)C(=O)Nc2ccc(COC(=O)O)cc2)C(C)C)c1. The van der Waals surface area contributed by atoms with Crippen LogP contribution in [-0.2, 0) is 25.7 Å². The van der Waals surface area contributed by atoms with E-state index >= 15 is 0 Å². The Morgan fingerprint density at radius 1 is 0.885 bits per heavy atom. The van der Waals surface area contributed by atoms with Crippen molar-refractivity contribution < 1.29 is 38.6 Å². The highest BCUT2D eigenvalue weighted by atomic mass is 32.2. The number of hydrogen-bond donors (Lipinski definition) is 7. The molecule has 2 aromatic rings. The minimum absolute atomic E-state index is 0.151. The number of amides is 6. The molecule has 0 fully saturated rings. The van der Waals surface area contributed by atoms with Crippen LogP contribution >= 0.6 is 11.8 Å². The smallest absolute Gasteiger partial charge is 0.450 e. The van der Waals surface area contributed by atoms with Crippen LogP contribution in [0.15, 0.2) is 47.6 Å². The summed E-state index contributed by atoms with van der Waals surface area (Å²) in [6, 6.07) is 5.56. The van der Waals surface area contributed by atoms with Crippen LogP contribution < -0.4 is 32.3 Å². The van der Waals surface area contributed by atoms with Crippen molar-refractivity contribution in [2.45, 2.75) is 108 Å². The van der Waals surface area contributed by atoms with Gasteiger partial charge in [-0.3, -0.25) is 24.2 Å². The molecule has 1 aromatic heterocycles. The topological polar surface area (TPSA) is 231 Å². The molecule has 0 spiro atoms. The fourth-order valence-electron chi connectivity index (χ4n) is 5.03. The van der Waals surface area contributed by atoms with Gasteiger partial charge in [0.15, 0.2) is 0 Å². The maximum atomic E-state index is 13.4. The Kier molecular flexibility index (Phi) is 19.6. The Hall–Kier alpha value is -4.86. The fraction of sp³-hybridized carbons (Fsp3) is 0.528. The molecule has 15 nitrogen and oxygen atoms in total. The van der Waals surface area contributed by atoms with Crippen LogP contribution in [-0.4, -0.2) is 76.3 Å². The standard InChI is InChI=1S/C36H53N7O8S/c1-5-27(6-2)52-28-19-25(20-38-21-28)32(45)39-17-9-7-8-12-30(44)43-31(23(3)4)34(47)42-29(11-10-18-40-35(37)48)33(46)41-26-15-13-24(14-16-26)22-51-36(49)50/h13-16,19-21,23,27,29,31H,5-12,17-18,22H2,1-4H3,(H,39,45)(H,41,46)(H,42,47)(H,43,44)(H,49,50)(H3,37,40,48). The Labute approximate surface area is 309 Å². The van der Waals surface area contributed by atoms with Gasteiger partial charge in [-0.15, -0.1) is 11.8 Å². The molecule has 2 atom stereocenters. The van der Waals surface area contributed by atoms with Crippen molar-refractivity contribution in [2.75, 3.05) is 18.4 Å². The van der Waals surface area contributed by atoms with E-state index in [-0.39, 0.29) is 43.7 Å². The van der Waals surface area contributed by atoms with Crippen molar-refractivity contribution in [3.8, 4) is 0 Å². The first kappa shape index (κ1) is 43.3. The van der Waals surface area contributed by atoms with Crippen LogP contribution in [0.25, 0.3) is 0 Å². The van der Waals surface area contributed by atoms with Crippen LogP contribution in [0.1, 0.15) is 95.0 Å². The van der Waals surface area contributed by atoms with E-state index in [1.807, 2.05) is 6.07 Å². The Bertz CT molecular complexity index is 1470. The maximum Gasteiger partial charge on any atom is 0.506 e. The van der Waals surface area contributed by atoms with E-state index < -0.39 is 36.1 Å². The number of nitrogens with zero attached hydrogens (tertiary/aromatic N) is 1. The predicted molar refractivity (Wildman–Crippen MR) is 199 cm³/mol. The summed E-state index contributed by atoms with van der Waals surface area (Å²) >= 11 is 1.72. The predicted octanol–water partition coefficient (Wildman–Crippen LogP) is 4.56. The first-order valence-corrected chi connectivity index (χ1v) is 18.5. The number of carboxylic acid groups (broad SMARTS) is 1. The molecule has 0 saturated carbocycles. The highest BCUT2D eigenvalue weighted by molar-refractivity contribution is 8.00. The number of urea groups is 1. The first-order valence-electron chi connectivity index (χ1n) is 17.6. The zero-order chi connectivity index (χ0) is 38.5. The van der Waals surface area contributed by atoms with E-state index in [4.69, 9.17) is 10.8 Å². The van der Waals surface area contributed by atoms with Crippen LogP contribution in [0.5, 0.6) is 0 Å². The second kappa shape index (κ2) is 23.6. The molecule has 0 aliphatic heterocycles. The summed E-state index contributed by atoms with van der Waals surface area (Å²) in [5.74, 6) is -1.85. The molecular formula is C36H53N7O8S. The number of carbonyl (C=O) groups is 6. The lowest BCUT2D eigenvalue weighted by atomic mass is 10.0. The molecule has 0 aliphatic carbocycles. The fourth-order valence-corrected chi connectivity index (χ4v) is 6.07. The van der Waals surface area contributed by atoms with Crippen LogP contribution in [0.4, 0.5) is 15.3 Å². The van der Waals surface area contributed by atoms with E-state index in [2.05, 4.69) is 50.2 Å². The number of thioether (sulfide) groups is 1. The lowest BCUT2D eigenvalue weighted by molar-refractivity contribution is -0.132. The molecule has 2 rings (SSSR count). The summed E-state index contributed by atoms with van der Waals surface area (Å²) in [7, 11) is 0. The van der Waals surface area contributed by atoms with Crippen molar-refractivity contribution in [1.82, 2.24) is 26.3 Å². The summed E-state index contributed by atoms with van der Waals surface area (Å²) in [5, 5.41) is 22.8. The maximum absolute atomic E-state index is 13.4. The van der Waals surface area contributed by atoms with Gasteiger partial charge < -0.3 is 42.2 Å². The largest absolute Gasteiger partial charge is 0.506 e. The number of anilines is 1. The highest BCUT2D eigenvalue weighted by Gasteiger charge is 2.29. The quantitative estimate of drug-likeness (QED) is 0.0477. The van der Waals surface area contributed by atoms with Crippen molar-refractivity contribution in [1.29, 1.82) is 0 Å². The monoisotopic (exact) mass is 743 g/mol. The molecule has 2 unspecified atom stereocenters. The summed E-state index contributed by atoms with van der Waals surface area (Å²) in [5.41, 5.74) is 6.63. The number of aromatic nitrogens is 1. The third-order valence-electron chi connectivity index (χ3n) is 8.01. The molecule has 1 heterocycles. The minimum Gasteiger partial charge on any atom is -0.450 e. The molecule has 0 saturated heterocycles. The van der Waals surface area contributed by atoms with Crippen LogP contribution in [0, 0.1) is 5.92 Å². The van der Waals surface area contributed by atoms with Crippen LogP contribution in [0.2, 0.25) is 0 Å². The number of unbranched alkanes of at least 4 members (excludes halogenated alkanes) is 2. The molecule has 0 bridgehead atoms. The van der Waals surface area contributed by atoms with Gasteiger partial charge in [-0.2, -0.15) is 0 Å². The summed E-state index contributed by atoms with van der Waals surface area (Å²) in [4.78, 5) is 79.1. The zero-order valence-corrected chi connectivity index (χ0v) is 31.2. The van der Waals surface area contributed by atoms with Gasteiger partial charge in [-0.25, -0.2) is 9.59 Å². The van der Waals surface area contributed by atoms with Gasteiger partial charge in [0.25, 0.3) is 5.91 Å². The number of nitrogens with one attached hydrogen (secondary N) is 5. The van der Waals surface area contributed by atoms with Gasteiger partial charge >= 0.3 is 12.2 Å². The Morgan fingerprint density at radius 2 is 1.58 bits per heavy atom. The third kappa shape index (κ3) is 16.9. The molecule has 286 valence electrons.